The molecule has 0 spiro atoms. The zero-order valence-electron chi connectivity index (χ0n) is 10.1. The van der Waals surface area contributed by atoms with Crippen molar-refractivity contribution in [2.45, 2.75) is 26.2 Å². The maximum Gasteiger partial charge on any atom is 0.306 e. The molecule has 5 nitrogen and oxygen atoms in total. The van der Waals surface area contributed by atoms with E-state index in [4.69, 9.17) is 9.84 Å². The molecule has 0 amide bonds. The van der Waals surface area contributed by atoms with Crippen molar-refractivity contribution in [3.05, 3.63) is 0 Å². The van der Waals surface area contributed by atoms with Crippen molar-refractivity contribution in [3.63, 3.8) is 0 Å². The molecular formula is C11H20O5S. The lowest BCUT2D eigenvalue weighted by Crippen LogP contribution is -2.26. The van der Waals surface area contributed by atoms with E-state index in [1.165, 1.54) is 0 Å². The highest BCUT2D eigenvalue weighted by molar-refractivity contribution is 7.91. The summed E-state index contributed by atoms with van der Waals surface area (Å²) >= 11 is 0. The molecule has 0 radical (unpaired) electrons. The van der Waals surface area contributed by atoms with Gasteiger partial charge in [0.15, 0.2) is 9.84 Å². The fourth-order valence-electron chi connectivity index (χ4n) is 2.16. The van der Waals surface area contributed by atoms with Crippen LogP contribution in [0.3, 0.4) is 0 Å². The second-order valence-corrected chi connectivity index (χ2v) is 6.74. The lowest BCUT2D eigenvalue weighted by molar-refractivity contribution is -0.144. The summed E-state index contributed by atoms with van der Waals surface area (Å²) < 4.78 is 27.9. The number of hydrogen-bond donors (Lipinski definition) is 1. The van der Waals surface area contributed by atoms with E-state index < -0.39 is 21.7 Å². The maximum atomic E-state index is 11.3. The van der Waals surface area contributed by atoms with Crippen LogP contribution in [-0.2, 0) is 19.4 Å². The molecule has 2 unspecified atom stereocenters. The average Bonchev–Trinajstić information content (AvgIpc) is 2.58. The number of carboxylic acids is 1. The molecule has 0 aromatic rings. The summed E-state index contributed by atoms with van der Waals surface area (Å²) in [6.45, 7) is 2.99. The SMILES string of the molecule is CCCOCCC(C(=O)O)C1CCS(=O)(=O)C1. The molecule has 1 aliphatic rings. The first-order valence-corrected chi connectivity index (χ1v) is 7.79. The summed E-state index contributed by atoms with van der Waals surface area (Å²) in [4.78, 5) is 11.1. The van der Waals surface area contributed by atoms with Crippen LogP contribution in [-0.4, -0.2) is 44.2 Å². The van der Waals surface area contributed by atoms with Crippen LogP contribution in [0.5, 0.6) is 0 Å². The predicted octanol–water partition coefficient (Wildman–Crippen LogP) is 0.939. The van der Waals surface area contributed by atoms with Gasteiger partial charge in [-0.15, -0.1) is 0 Å². The highest BCUT2D eigenvalue weighted by Gasteiger charge is 2.36. The molecule has 1 heterocycles. The van der Waals surface area contributed by atoms with Crippen LogP contribution in [0.15, 0.2) is 0 Å². The van der Waals surface area contributed by atoms with E-state index >= 15 is 0 Å². The monoisotopic (exact) mass is 264 g/mol. The minimum Gasteiger partial charge on any atom is -0.481 e. The zero-order valence-corrected chi connectivity index (χ0v) is 10.9. The lowest BCUT2D eigenvalue weighted by Gasteiger charge is -2.17. The Kier molecular flexibility index (Phi) is 5.39. The predicted molar refractivity (Wildman–Crippen MR) is 63.6 cm³/mol. The van der Waals surface area contributed by atoms with Crippen molar-refractivity contribution in [1.82, 2.24) is 0 Å². The summed E-state index contributed by atoms with van der Waals surface area (Å²) in [7, 11) is -3.01. The lowest BCUT2D eigenvalue weighted by atomic mass is 9.89. The number of hydrogen-bond acceptors (Lipinski definition) is 4. The van der Waals surface area contributed by atoms with Gasteiger partial charge in [0, 0.05) is 13.2 Å². The Balaban J connectivity index is 2.47. The first kappa shape index (κ1) is 14.4. The fourth-order valence-corrected chi connectivity index (χ4v) is 4.04. The third-order valence-electron chi connectivity index (χ3n) is 3.08. The quantitative estimate of drug-likeness (QED) is 0.692. The molecule has 0 aliphatic carbocycles. The van der Waals surface area contributed by atoms with Crippen LogP contribution >= 0.6 is 0 Å². The Labute approximate surface area is 102 Å². The summed E-state index contributed by atoms with van der Waals surface area (Å²) in [6, 6.07) is 0. The van der Waals surface area contributed by atoms with Crippen molar-refractivity contribution >= 4 is 15.8 Å². The minimum absolute atomic E-state index is 0.0117. The molecule has 1 aliphatic heterocycles. The van der Waals surface area contributed by atoms with Crippen molar-refractivity contribution < 1.29 is 23.1 Å². The molecule has 100 valence electrons. The van der Waals surface area contributed by atoms with Gasteiger partial charge in [-0.05, 0) is 25.2 Å². The number of rotatable bonds is 7. The Morgan fingerprint density at radius 2 is 2.18 bits per heavy atom. The second-order valence-electron chi connectivity index (χ2n) is 4.51. The van der Waals surface area contributed by atoms with E-state index in [-0.39, 0.29) is 17.4 Å². The van der Waals surface area contributed by atoms with Gasteiger partial charge >= 0.3 is 5.97 Å². The molecule has 0 aromatic heterocycles. The third-order valence-corrected chi connectivity index (χ3v) is 4.87. The van der Waals surface area contributed by atoms with Crippen LogP contribution in [0, 0.1) is 11.8 Å². The third kappa shape index (κ3) is 4.63. The first-order valence-electron chi connectivity index (χ1n) is 5.97. The molecule has 1 rings (SSSR count). The van der Waals surface area contributed by atoms with Gasteiger partial charge in [-0.2, -0.15) is 0 Å². The van der Waals surface area contributed by atoms with Gasteiger partial charge in [0.2, 0.25) is 0 Å². The summed E-state index contributed by atoms with van der Waals surface area (Å²) in [5, 5.41) is 9.11. The Morgan fingerprint density at radius 1 is 1.47 bits per heavy atom. The van der Waals surface area contributed by atoms with E-state index in [1.54, 1.807) is 0 Å². The van der Waals surface area contributed by atoms with Gasteiger partial charge in [-0.3, -0.25) is 4.79 Å². The Hall–Kier alpha value is -0.620. The molecule has 17 heavy (non-hydrogen) atoms. The highest BCUT2D eigenvalue weighted by Crippen LogP contribution is 2.28. The summed E-state index contributed by atoms with van der Waals surface area (Å²) in [5.74, 6) is -1.62. The van der Waals surface area contributed by atoms with Crippen molar-refractivity contribution in [1.29, 1.82) is 0 Å². The smallest absolute Gasteiger partial charge is 0.306 e. The highest BCUT2D eigenvalue weighted by atomic mass is 32.2. The zero-order chi connectivity index (χ0) is 12.9. The van der Waals surface area contributed by atoms with Gasteiger partial charge in [0.25, 0.3) is 0 Å². The van der Waals surface area contributed by atoms with Gasteiger partial charge in [-0.25, -0.2) is 8.42 Å². The molecule has 1 fully saturated rings. The summed E-state index contributed by atoms with van der Waals surface area (Å²) in [5.41, 5.74) is 0. The average molecular weight is 264 g/mol. The van der Waals surface area contributed by atoms with E-state index in [0.717, 1.165) is 6.42 Å². The number of carbonyl (C=O) groups is 1. The molecule has 6 heteroatoms. The van der Waals surface area contributed by atoms with E-state index in [9.17, 15) is 13.2 Å². The number of carboxylic acid groups (broad SMARTS) is 1. The van der Waals surface area contributed by atoms with E-state index in [2.05, 4.69) is 0 Å². The fraction of sp³-hybridized carbons (Fsp3) is 0.909. The van der Waals surface area contributed by atoms with E-state index in [0.29, 0.717) is 26.1 Å². The van der Waals surface area contributed by atoms with Gasteiger partial charge in [0.1, 0.15) is 0 Å². The number of sulfone groups is 1. The minimum atomic E-state index is -3.01. The normalized spacial score (nSPS) is 24.6. The standard InChI is InChI=1S/C11H20O5S/c1-2-5-16-6-3-10(11(12)13)9-4-7-17(14,15)8-9/h9-10H,2-8H2,1H3,(H,12,13). The van der Waals surface area contributed by atoms with Crippen LogP contribution in [0.25, 0.3) is 0 Å². The largest absolute Gasteiger partial charge is 0.481 e. The molecule has 0 saturated carbocycles. The van der Waals surface area contributed by atoms with Crippen molar-refractivity contribution in [2.24, 2.45) is 11.8 Å². The van der Waals surface area contributed by atoms with Gasteiger partial charge < -0.3 is 9.84 Å². The maximum absolute atomic E-state index is 11.3. The van der Waals surface area contributed by atoms with Crippen molar-refractivity contribution in [2.75, 3.05) is 24.7 Å². The van der Waals surface area contributed by atoms with Crippen LogP contribution in [0.1, 0.15) is 26.2 Å². The Bertz CT molecular complexity index is 349. The molecular weight excluding hydrogens is 244 g/mol. The first-order chi connectivity index (χ1) is 7.96. The molecule has 0 aromatic carbocycles. The molecule has 1 N–H and O–H groups in total. The summed E-state index contributed by atoms with van der Waals surface area (Å²) in [6.07, 6.45) is 1.76. The van der Waals surface area contributed by atoms with Crippen LogP contribution in [0.4, 0.5) is 0 Å². The second kappa shape index (κ2) is 6.35. The molecule has 1 saturated heterocycles. The van der Waals surface area contributed by atoms with Gasteiger partial charge in [0.05, 0.1) is 17.4 Å². The Morgan fingerprint density at radius 3 is 2.65 bits per heavy atom. The molecule has 0 bridgehead atoms. The number of ether oxygens (including phenoxy) is 1. The van der Waals surface area contributed by atoms with E-state index in [1.807, 2.05) is 6.92 Å². The van der Waals surface area contributed by atoms with Crippen molar-refractivity contribution in [3.8, 4) is 0 Å². The molecule has 2 atom stereocenters. The van der Waals surface area contributed by atoms with Crippen LogP contribution in [0.2, 0.25) is 0 Å². The topological polar surface area (TPSA) is 80.7 Å². The number of aliphatic carboxylic acids is 1. The van der Waals surface area contributed by atoms with Crippen LogP contribution < -0.4 is 0 Å². The van der Waals surface area contributed by atoms with Gasteiger partial charge in [-0.1, -0.05) is 6.92 Å².